The molecule has 0 saturated heterocycles. The van der Waals surface area contributed by atoms with Gasteiger partial charge in [-0.05, 0) is 36.4 Å². The van der Waals surface area contributed by atoms with E-state index >= 15 is 0 Å². The van der Waals surface area contributed by atoms with Gasteiger partial charge in [0.05, 0.1) is 25.5 Å². The number of methoxy groups -OCH3 is 2. The van der Waals surface area contributed by atoms with E-state index in [-0.39, 0.29) is 17.0 Å². The van der Waals surface area contributed by atoms with Gasteiger partial charge < -0.3 is 25.0 Å². The Bertz CT molecular complexity index is 828. The van der Waals surface area contributed by atoms with Crippen molar-refractivity contribution in [1.82, 2.24) is 0 Å². The minimum Gasteiger partial charge on any atom is -0.506 e. The largest absolute Gasteiger partial charge is 0.506 e. The van der Waals surface area contributed by atoms with Gasteiger partial charge in [0, 0.05) is 17.7 Å². The van der Waals surface area contributed by atoms with Crippen LogP contribution in [0.3, 0.4) is 0 Å². The SMILES string of the molecule is COc1ccc(/C=C/C(=O)Nc2cc(C(=O)O)ccc2O)c(OC)c1. The number of aromatic hydroxyl groups is 1. The van der Waals surface area contributed by atoms with Crippen molar-refractivity contribution in [2.45, 2.75) is 0 Å². The van der Waals surface area contributed by atoms with Crippen LogP contribution in [-0.2, 0) is 4.79 Å². The van der Waals surface area contributed by atoms with E-state index < -0.39 is 11.9 Å². The van der Waals surface area contributed by atoms with Crippen molar-refractivity contribution < 1.29 is 29.3 Å². The summed E-state index contributed by atoms with van der Waals surface area (Å²) in [6.45, 7) is 0. The molecule has 0 unspecified atom stereocenters. The fraction of sp³-hybridized carbons (Fsp3) is 0.111. The maximum atomic E-state index is 12.0. The number of anilines is 1. The number of hydrogen-bond donors (Lipinski definition) is 3. The van der Waals surface area contributed by atoms with Gasteiger partial charge in [0.1, 0.15) is 17.2 Å². The second kappa shape index (κ2) is 7.87. The van der Waals surface area contributed by atoms with Crippen molar-refractivity contribution in [2.24, 2.45) is 0 Å². The number of phenols is 1. The van der Waals surface area contributed by atoms with E-state index in [2.05, 4.69) is 5.32 Å². The van der Waals surface area contributed by atoms with E-state index in [1.54, 1.807) is 18.2 Å². The lowest BCUT2D eigenvalue weighted by molar-refractivity contribution is -0.111. The summed E-state index contributed by atoms with van der Waals surface area (Å²) in [4.78, 5) is 23.0. The molecule has 3 N–H and O–H groups in total. The van der Waals surface area contributed by atoms with Gasteiger partial charge in [0.15, 0.2) is 0 Å². The standard InChI is InChI=1S/C18H17NO6/c1-24-13-6-3-11(16(10-13)25-2)5-8-17(21)19-14-9-12(18(22)23)4-7-15(14)20/h3-10,20H,1-2H3,(H,19,21)(H,22,23)/b8-5+. The predicted molar refractivity (Wildman–Crippen MR) is 92.3 cm³/mol. The number of carboxylic acid groups (broad SMARTS) is 1. The Balaban J connectivity index is 2.16. The lowest BCUT2D eigenvalue weighted by atomic mass is 10.1. The summed E-state index contributed by atoms with van der Waals surface area (Å²) in [5, 5.41) is 21.1. The summed E-state index contributed by atoms with van der Waals surface area (Å²) in [5.41, 5.74) is 0.618. The highest BCUT2D eigenvalue weighted by atomic mass is 16.5. The fourth-order valence-electron chi connectivity index (χ4n) is 2.07. The van der Waals surface area contributed by atoms with Crippen LogP contribution >= 0.6 is 0 Å². The molecule has 0 atom stereocenters. The Morgan fingerprint density at radius 1 is 1.08 bits per heavy atom. The van der Waals surface area contributed by atoms with E-state index in [0.717, 1.165) is 0 Å². The zero-order valence-electron chi connectivity index (χ0n) is 13.6. The number of carbonyl (C=O) groups is 2. The molecule has 7 nitrogen and oxygen atoms in total. The smallest absolute Gasteiger partial charge is 0.335 e. The number of amides is 1. The number of carbonyl (C=O) groups excluding carboxylic acids is 1. The van der Waals surface area contributed by atoms with E-state index in [0.29, 0.717) is 17.1 Å². The zero-order valence-corrected chi connectivity index (χ0v) is 13.6. The minimum atomic E-state index is -1.16. The molecule has 0 spiro atoms. The first kappa shape index (κ1) is 17.9. The fourth-order valence-corrected chi connectivity index (χ4v) is 2.07. The van der Waals surface area contributed by atoms with E-state index in [9.17, 15) is 14.7 Å². The minimum absolute atomic E-state index is 0.0104. The number of ether oxygens (including phenoxy) is 2. The number of carboxylic acids is 1. The van der Waals surface area contributed by atoms with Gasteiger partial charge in [-0.15, -0.1) is 0 Å². The first-order valence-corrected chi connectivity index (χ1v) is 7.22. The maximum Gasteiger partial charge on any atom is 0.335 e. The summed E-state index contributed by atoms with van der Waals surface area (Å²) in [5.74, 6) is -0.772. The Morgan fingerprint density at radius 2 is 1.84 bits per heavy atom. The molecule has 0 aromatic heterocycles. The molecule has 0 saturated carbocycles. The molecular weight excluding hydrogens is 326 g/mol. The summed E-state index contributed by atoms with van der Waals surface area (Å²) in [6, 6.07) is 8.75. The summed E-state index contributed by atoms with van der Waals surface area (Å²) >= 11 is 0. The van der Waals surface area contributed by atoms with Crippen LogP contribution in [0.5, 0.6) is 17.2 Å². The van der Waals surface area contributed by atoms with Crippen LogP contribution in [0.4, 0.5) is 5.69 Å². The normalized spacial score (nSPS) is 10.5. The summed E-state index contributed by atoms with van der Waals surface area (Å²) in [6.07, 6.45) is 2.78. The molecule has 25 heavy (non-hydrogen) atoms. The van der Waals surface area contributed by atoms with Crippen molar-refractivity contribution in [3.05, 3.63) is 53.6 Å². The van der Waals surface area contributed by atoms with Gasteiger partial charge in [-0.25, -0.2) is 4.79 Å². The van der Waals surface area contributed by atoms with Crippen molar-refractivity contribution in [1.29, 1.82) is 0 Å². The van der Waals surface area contributed by atoms with Crippen LogP contribution < -0.4 is 14.8 Å². The number of hydrogen-bond acceptors (Lipinski definition) is 5. The second-order valence-electron chi connectivity index (χ2n) is 4.97. The quantitative estimate of drug-likeness (QED) is 0.550. The summed E-state index contributed by atoms with van der Waals surface area (Å²) in [7, 11) is 3.04. The highest BCUT2D eigenvalue weighted by Crippen LogP contribution is 2.26. The molecule has 7 heteroatoms. The van der Waals surface area contributed by atoms with Crippen LogP contribution in [0.25, 0.3) is 6.08 Å². The maximum absolute atomic E-state index is 12.0. The Morgan fingerprint density at radius 3 is 2.48 bits per heavy atom. The lowest BCUT2D eigenvalue weighted by Gasteiger charge is -2.08. The van der Waals surface area contributed by atoms with E-state index in [1.807, 2.05) is 0 Å². The van der Waals surface area contributed by atoms with E-state index in [1.165, 1.54) is 44.6 Å². The van der Waals surface area contributed by atoms with Crippen LogP contribution in [0, 0.1) is 0 Å². The van der Waals surface area contributed by atoms with Crippen molar-refractivity contribution in [3.8, 4) is 17.2 Å². The van der Waals surface area contributed by atoms with Gasteiger partial charge in [0.25, 0.3) is 0 Å². The molecular formula is C18H17NO6. The molecule has 1 amide bonds. The molecule has 0 fully saturated rings. The van der Waals surface area contributed by atoms with Crippen LogP contribution in [-0.4, -0.2) is 36.3 Å². The molecule has 0 heterocycles. The van der Waals surface area contributed by atoms with Gasteiger partial charge >= 0.3 is 5.97 Å². The number of phenolic OH excluding ortho intramolecular Hbond substituents is 1. The third kappa shape index (κ3) is 4.51. The average molecular weight is 343 g/mol. The zero-order chi connectivity index (χ0) is 18.4. The van der Waals surface area contributed by atoms with Gasteiger partial charge in [-0.1, -0.05) is 0 Å². The third-order valence-electron chi connectivity index (χ3n) is 3.36. The van der Waals surface area contributed by atoms with Gasteiger partial charge in [-0.2, -0.15) is 0 Å². The first-order valence-electron chi connectivity index (χ1n) is 7.22. The Labute approximate surface area is 144 Å². The average Bonchev–Trinajstić information content (AvgIpc) is 2.61. The number of nitrogens with one attached hydrogen (secondary N) is 1. The molecule has 2 aromatic carbocycles. The van der Waals surface area contributed by atoms with Gasteiger partial charge in [-0.3, -0.25) is 4.79 Å². The lowest BCUT2D eigenvalue weighted by Crippen LogP contribution is -2.09. The number of aromatic carboxylic acids is 1. The molecule has 2 rings (SSSR count). The topological polar surface area (TPSA) is 105 Å². The molecule has 0 aliphatic carbocycles. The van der Waals surface area contributed by atoms with Crippen molar-refractivity contribution in [3.63, 3.8) is 0 Å². The second-order valence-corrected chi connectivity index (χ2v) is 4.97. The molecule has 2 aromatic rings. The molecule has 130 valence electrons. The predicted octanol–water partition coefficient (Wildman–Crippen LogP) is 2.76. The molecule has 0 aliphatic rings. The monoisotopic (exact) mass is 343 g/mol. The van der Waals surface area contributed by atoms with E-state index in [4.69, 9.17) is 14.6 Å². The first-order chi connectivity index (χ1) is 11.9. The Hall–Kier alpha value is -3.48. The third-order valence-corrected chi connectivity index (χ3v) is 3.36. The van der Waals surface area contributed by atoms with Gasteiger partial charge in [0.2, 0.25) is 5.91 Å². The van der Waals surface area contributed by atoms with Crippen LogP contribution in [0.2, 0.25) is 0 Å². The molecule has 0 aliphatic heterocycles. The van der Waals surface area contributed by atoms with Crippen LogP contribution in [0.15, 0.2) is 42.5 Å². The summed E-state index contributed by atoms with van der Waals surface area (Å²) < 4.78 is 10.3. The van der Waals surface area contributed by atoms with Crippen LogP contribution in [0.1, 0.15) is 15.9 Å². The number of benzene rings is 2. The highest BCUT2D eigenvalue weighted by molar-refractivity contribution is 6.03. The van der Waals surface area contributed by atoms with Crippen molar-refractivity contribution >= 4 is 23.6 Å². The Kier molecular flexibility index (Phi) is 5.62. The van der Waals surface area contributed by atoms with Crippen molar-refractivity contribution in [2.75, 3.05) is 19.5 Å². The number of rotatable bonds is 6. The highest BCUT2D eigenvalue weighted by Gasteiger charge is 2.10. The molecule has 0 radical (unpaired) electrons. The molecule has 0 bridgehead atoms.